The number of unbranched alkanes of at least 4 members (excludes halogenated alkanes) is 1. The molecule has 7 heteroatoms. The van der Waals surface area contributed by atoms with Gasteiger partial charge in [-0.15, -0.1) is 0 Å². The number of benzene rings is 3. The Kier molecular flexibility index (Phi) is 8.90. The summed E-state index contributed by atoms with van der Waals surface area (Å²) in [7, 11) is 1.65. The summed E-state index contributed by atoms with van der Waals surface area (Å²) < 4.78 is 10.7. The zero-order valence-electron chi connectivity index (χ0n) is 20.3. The highest BCUT2D eigenvalue weighted by Crippen LogP contribution is 2.44. The SMILES string of the molecule is COc1ccc(CSCCCC[C@H](NC(=O)OCC2c3ccccc3-c3ccccc32)C(=O)O)cc1. The molecular weight excluding hydrogens is 474 g/mol. The Balaban J connectivity index is 1.20. The van der Waals surface area contributed by atoms with Crippen molar-refractivity contribution in [2.24, 2.45) is 0 Å². The van der Waals surface area contributed by atoms with Gasteiger partial charge < -0.3 is 19.9 Å². The van der Waals surface area contributed by atoms with Crippen LogP contribution in [0.3, 0.4) is 0 Å². The number of alkyl carbamates (subject to hydrolysis) is 1. The molecule has 0 aliphatic heterocycles. The van der Waals surface area contributed by atoms with Crippen LogP contribution in [0.25, 0.3) is 11.1 Å². The molecule has 0 fully saturated rings. The van der Waals surface area contributed by atoms with E-state index in [1.165, 1.54) is 5.56 Å². The molecule has 0 aromatic heterocycles. The molecule has 0 radical (unpaired) electrons. The van der Waals surface area contributed by atoms with Gasteiger partial charge in [0.25, 0.3) is 0 Å². The van der Waals surface area contributed by atoms with Crippen LogP contribution in [0, 0.1) is 0 Å². The molecule has 1 amide bonds. The molecule has 0 saturated carbocycles. The second-order valence-electron chi connectivity index (χ2n) is 8.76. The standard InChI is InChI=1S/C29H31NO5S/c1-34-21-15-13-20(14-16-21)19-36-17-7-6-12-27(28(31)32)30-29(33)35-18-26-24-10-4-2-8-22(24)23-9-3-5-11-25(23)26/h2-5,8-11,13-16,26-27H,6-7,12,17-19H2,1H3,(H,30,33)(H,31,32)/t27-/m0/s1. The highest BCUT2D eigenvalue weighted by atomic mass is 32.2. The highest BCUT2D eigenvalue weighted by Gasteiger charge is 2.29. The van der Waals surface area contributed by atoms with E-state index in [-0.39, 0.29) is 12.5 Å². The number of nitrogens with one attached hydrogen (secondary N) is 1. The largest absolute Gasteiger partial charge is 0.497 e. The smallest absolute Gasteiger partial charge is 0.407 e. The fourth-order valence-corrected chi connectivity index (χ4v) is 5.48. The number of hydrogen-bond donors (Lipinski definition) is 2. The maximum Gasteiger partial charge on any atom is 0.407 e. The Labute approximate surface area is 216 Å². The monoisotopic (exact) mass is 505 g/mol. The second-order valence-corrected chi connectivity index (χ2v) is 9.86. The van der Waals surface area contributed by atoms with Crippen LogP contribution in [0.1, 0.15) is 41.9 Å². The Morgan fingerprint density at radius 2 is 1.58 bits per heavy atom. The van der Waals surface area contributed by atoms with E-state index in [1.807, 2.05) is 60.7 Å². The van der Waals surface area contributed by atoms with Crippen LogP contribution in [-0.2, 0) is 15.3 Å². The van der Waals surface area contributed by atoms with Crippen LogP contribution in [0.15, 0.2) is 72.8 Å². The van der Waals surface area contributed by atoms with Crippen LogP contribution in [0.4, 0.5) is 4.79 Å². The molecule has 4 rings (SSSR count). The second kappa shape index (κ2) is 12.5. The molecule has 0 unspecified atom stereocenters. The van der Waals surface area contributed by atoms with E-state index in [0.29, 0.717) is 12.8 Å². The summed E-state index contributed by atoms with van der Waals surface area (Å²) in [5.74, 6) is 1.55. The van der Waals surface area contributed by atoms with Gasteiger partial charge in [-0.2, -0.15) is 11.8 Å². The van der Waals surface area contributed by atoms with E-state index < -0.39 is 18.1 Å². The number of fused-ring (bicyclic) bond motifs is 3. The summed E-state index contributed by atoms with van der Waals surface area (Å²) in [4.78, 5) is 24.2. The highest BCUT2D eigenvalue weighted by molar-refractivity contribution is 7.98. The molecule has 0 heterocycles. The van der Waals surface area contributed by atoms with Crippen molar-refractivity contribution in [3.63, 3.8) is 0 Å². The molecule has 2 N–H and O–H groups in total. The van der Waals surface area contributed by atoms with Gasteiger partial charge in [0.05, 0.1) is 7.11 Å². The molecule has 1 aliphatic carbocycles. The molecule has 3 aromatic carbocycles. The summed E-state index contributed by atoms with van der Waals surface area (Å²) in [5, 5.41) is 12.1. The van der Waals surface area contributed by atoms with Gasteiger partial charge in [0.15, 0.2) is 0 Å². The number of carbonyl (C=O) groups excluding carboxylic acids is 1. The van der Waals surface area contributed by atoms with Gasteiger partial charge in [-0.05, 0) is 65.0 Å². The maximum atomic E-state index is 12.5. The number of methoxy groups -OCH3 is 1. The minimum absolute atomic E-state index is 0.0610. The normalized spacial score (nSPS) is 12.9. The van der Waals surface area contributed by atoms with E-state index in [4.69, 9.17) is 9.47 Å². The molecule has 6 nitrogen and oxygen atoms in total. The predicted octanol–water partition coefficient (Wildman–Crippen LogP) is 6.09. The van der Waals surface area contributed by atoms with Crippen molar-refractivity contribution in [1.82, 2.24) is 5.32 Å². The molecule has 0 spiro atoms. The van der Waals surface area contributed by atoms with Gasteiger partial charge in [-0.1, -0.05) is 60.7 Å². The summed E-state index contributed by atoms with van der Waals surface area (Å²) in [6.45, 7) is 0.161. The summed E-state index contributed by atoms with van der Waals surface area (Å²) in [6.07, 6.45) is 1.24. The third kappa shape index (κ3) is 6.40. The number of amides is 1. The Bertz CT molecular complexity index is 1130. The first-order valence-corrected chi connectivity index (χ1v) is 13.3. The van der Waals surface area contributed by atoms with E-state index in [1.54, 1.807) is 18.9 Å². The lowest BCUT2D eigenvalue weighted by Gasteiger charge is -2.17. The summed E-state index contributed by atoms with van der Waals surface area (Å²) in [5.41, 5.74) is 5.76. The number of carboxylic acid groups (broad SMARTS) is 1. The van der Waals surface area contributed by atoms with Crippen molar-refractivity contribution in [3.05, 3.63) is 89.5 Å². The lowest BCUT2D eigenvalue weighted by molar-refractivity contribution is -0.139. The fourth-order valence-electron chi connectivity index (χ4n) is 4.50. The molecule has 0 bridgehead atoms. The summed E-state index contributed by atoms with van der Waals surface area (Å²) >= 11 is 1.80. The van der Waals surface area contributed by atoms with Crippen LogP contribution in [0.2, 0.25) is 0 Å². The van der Waals surface area contributed by atoms with Crippen molar-refractivity contribution in [2.45, 2.75) is 37.0 Å². The number of ether oxygens (including phenoxy) is 2. The van der Waals surface area contributed by atoms with Gasteiger partial charge in [-0.3, -0.25) is 0 Å². The molecule has 1 atom stereocenters. The zero-order valence-corrected chi connectivity index (χ0v) is 21.1. The molecule has 3 aromatic rings. The van der Waals surface area contributed by atoms with E-state index >= 15 is 0 Å². The zero-order chi connectivity index (χ0) is 25.3. The lowest BCUT2D eigenvalue weighted by Crippen LogP contribution is -2.41. The van der Waals surface area contributed by atoms with Gasteiger partial charge >= 0.3 is 12.1 Å². The molecular formula is C29H31NO5S. The van der Waals surface area contributed by atoms with Crippen LogP contribution in [-0.4, -0.2) is 42.7 Å². The van der Waals surface area contributed by atoms with E-state index in [0.717, 1.165) is 45.9 Å². The third-order valence-electron chi connectivity index (χ3n) is 6.39. The van der Waals surface area contributed by atoms with Crippen LogP contribution in [0.5, 0.6) is 5.75 Å². The number of hydrogen-bond acceptors (Lipinski definition) is 5. The number of carbonyl (C=O) groups is 2. The van der Waals surface area contributed by atoms with Crippen LogP contribution >= 0.6 is 11.8 Å². The van der Waals surface area contributed by atoms with Crippen molar-refractivity contribution in [1.29, 1.82) is 0 Å². The van der Waals surface area contributed by atoms with E-state index in [2.05, 4.69) is 17.4 Å². The average molecular weight is 506 g/mol. The van der Waals surface area contributed by atoms with Gasteiger partial charge in [0, 0.05) is 11.7 Å². The number of aliphatic carboxylic acids is 1. The quantitative estimate of drug-likeness (QED) is 0.290. The minimum atomic E-state index is -1.05. The first-order chi connectivity index (χ1) is 17.6. The van der Waals surface area contributed by atoms with Crippen molar-refractivity contribution < 1.29 is 24.2 Å². The van der Waals surface area contributed by atoms with Crippen molar-refractivity contribution >= 4 is 23.8 Å². The van der Waals surface area contributed by atoms with Gasteiger partial charge in [0.2, 0.25) is 0 Å². The van der Waals surface area contributed by atoms with Crippen LogP contribution < -0.4 is 10.1 Å². The molecule has 0 saturated heterocycles. The first kappa shape index (κ1) is 25.6. The fraction of sp³-hybridized carbons (Fsp3) is 0.310. The Hall–Kier alpha value is -3.45. The Morgan fingerprint density at radius 1 is 0.944 bits per heavy atom. The van der Waals surface area contributed by atoms with E-state index in [9.17, 15) is 14.7 Å². The van der Waals surface area contributed by atoms with Gasteiger partial charge in [0.1, 0.15) is 18.4 Å². The summed E-state index contributed by atoms with van der Waals surface area (Å²) in [6, 6.07) is 23.2. The maximum absolute atomic E-state index is 12.5. The molecule has 36 heavy (non-hydrogen) atoms. The molecule has 1 aliphatic rings. The van der Waals surface area contributed by atoms with Gasteiger partial charge in [-0.25, -0.2) is 9.59 Å². The topological polar surface area (TPSA) is 84.9 Å². The average Bonchev–Trinajstić information content (AvgIpc) is 3.22. The van der Waals surface area contributed by atoms with Crippen molar-refractivity contribution in [2.75, 3.05) is 19.5 Å². The lowest BCUT2D eigenvalue weighted by atomic mass is 9.98. The number of thioether (sulfide) groups is 1. The number of carboxylic acids is 1. The Morgan fingerprint density at radius 3 is 2.19 bits per heavy atom. The predicted molar refractivity (Wildman–Crippen MR) is 143 cm³/mol. The van der Waals surface area contributed by atoms with Crippen molar-refractivity contribution in [3.8, 4) is 16.9 Å². The first-order valence-electron chi connectivity index (χ1n) is 12.1. The molecule has 188 valence electrons. The minimum Gasteiger partial charge on any atom is -0.497 e. The third-order valence-corrected chi connectivity index (χ3v) is 7.51. The number of rotatable bonds is 12.